The highest BCUT2D eigenvalue weighted by Gasteiger charge is 2.32. The van der Waals surface area contributed by atoms with E-state index in [4.69, 9.17) is 4.98 Å². The first-order chi connectivity index (χ1) is 14.9. The lowest BCUT2D eigenvalue weighted by Gasteiger charge is -2.31. The van der Waals surface area contributed by atoms with E-state index in [-0.39, 0.29) is 10.6 Å². The average molecular weight is 458 g/mol. The molecule has 0 saturated carbocycles. The molecule has 2 aromatic carbocycles. The minimum atomic E-state index is -3.62. The van der Waals surface area contributed by atoms with Crippen molar-refractivity contribution >= 4 is 32.0 Å². The Morgan fingerprint density at radius 3 is 2.52 bits per heavy atom. The number of sulfone groups is 1. The van der Waals surface area contributed by atoms with E-state index >= 15 is 0 Å². The number of nitrogens with zero attached hydrogens (tertiary/aromatic N) is 3. The van der Waals surface area contributed by atoms with Crippen molar-refractivity contribution in [3.8, 4) is 11.3 Å². The van der Waals surface area contributed by atoms with Gasteiger partial charge in [0.15, 0.2) is 15.0 Å². The van der Waals surface area contributed by atoms with Crippen LogP contribution in [0.1, 0.15) is 25.3 Å². The highest BCUT2D eigenvalue weighted by Crippen LogP contribution is 2.32. The summed E-state index contributed by atoms with van der Waals surface area (Å²) < 4.78 is 26.0. The molecule has 1 aromatic heterocycles. The summed E-state index contributed by atoms with van der Waals surface area (Å²) in [7, 11) is -3.62. The van der Waals surface area contributed by atoms with Gasteiger partial charge in [0, 0.05) is 36.2 Å². The number of nitro benzene ring substituents is 1. The summed E-state index contributed by atoms with van der Waals surface area (Å²) in [4.78, 5) is 17.3. The third-order valence-electron chi connectivity index (χ3n) is 5.66. The Bertz CT molecular complexity index is 1180. The van der Waals surface area contributed by atoms with Crippen LogP contribution in [-0.2, 0) is 16.3 Å². The lowest BCUT2D eigenvalue weighted by atomic mass is 10.1. The summed E-state index contributed by atoms with van der Waals surface area (Å²) in [5.74, 6) is 0. The first kappa shape index (κ1) is 21.5. The van der Waals surface area contributed by atoms with Crippen LogP contribution in [0.2, 0.25) is 0 Å². The molecule has 7 nitrogen and oxygen atoms in total. The average Bonchev–Trinajstić information content (AvgIpc) is 3.29. The van der Waals surface area contributed by atoms with Gasteiger partial charge >= 0.3 is 0 Å². The van der Waals surface area contributed by atoms with Gasteiger partial charge in [-0.2, -0.15) is 0 Å². The Morgan fingerprint density at radius 2 is 1.87 bits per heavy atom. The van der Waals surface area contributed by atoms with E-state index in [1.54, 1.807) is 11.3 Å². The summed E-state index contributed by atoms with van der Waals surface area (Å²) in [5.41, 5.74) is 3.07. The molecule has 31 heavy (non-hydrogen) atoms. The molecule has 1 aliphatic heterocycles. The molecule has 0 N–H and O–H groups in total. The Hall–Kier alpha value is -2.78. The highest BCUT2D eigenvalue weighted by molar-refractivity contribution is 7.92. The predicted octanol–water partition coefficient (Wildman–Crippen LogP) is 4.72. The fourth-order valence-corrected chi connectivity index (χ4v) is 6.44. The molecule has 0 atom stereocenters. The maximum Gasteiger partial charge on any atom is 0.270 e. The molecule has 2 heterocycles. The Morgan fingerprint density at radius 1 is 1.16 bits per heavy atom. The van der Waals surface area contributed by atoms with Crippen LogP contribution in [0.3, 0.4) is 0 Å². The molecular formula is C22H23N3O4S2. The van der Waals surface area contributed by atoms with E-state index in [0.29, 0.717) is 25.9 Å². The van der Waals surface area contributed by atoms with Gasteiger partial charge in [-0.15, -0.1) is 11.3 Å². The minimum absolute atomic E-state index is 0.0206. The number of aromatic nitrogens is 1. The topological polar surface area (TPSA) is 93.4 Å². The molecule has 1 fully saturated rings. The Balaban J connectivity index is 1.44. The number of non-ortho nitro benzene ring substituents is 1. The van der Waals surface area contributed by atoms with Crippen molar-refractivity contribution < 1.29 is 13.3 Å². The van der Waals surface area contributed by atoms with Crippen LogP contribution < -0.4 is 4.90 Å². The summed E-state index contributed by atoms with van der Waals surface area (Å²) in [6, 6.07) is 13.7. The molecule has 0 amide bonds. The number of hydrogen-bond donors (Lipinski definition) is 0. The maximum atomic E-state index is 13.0. The molecule has 4 rings (SSSR count). The number of rotatable bonds is 6. The van der Waals surface area contributed by atoms with Gasteiger partial charge in [-0.3, -0.25) is 10.1 Å². The van der Waals surface area contributed by atoms with Gasteiger partial charge in [-0.25, -0.2) is 13.4 Å². The molecule has 1 aliphatic rings. The highest BCUT2D eigenvalue weighted by atomic mass is 32.2. The molecular weight excluding hydrogens is 434 g/mol. The van der Waals surface area contributed by atoms with E-state index < -0.39 is 20.0 Å². The van der Waals surface area contributed by atoms with Gasteiger partial charge in [0.1, 0.15) is 0 Å². The first-order valence-electron chi connectivity index (χ1n) is 10.2. The first-order valence-corrected chi connectivity index (χ1v) is 12.6. The lowest BCUT2D eigenvalue weighted by Crippen LogP contribution is -2.39. The van der Waals surface area contributed by atoms with E-state index in [2.05, 4.69) is 36.1 Å². The summed E-state index contributed by atoms with van der Waals surface area (Å²) in [6.07, 6.45) is 1.92. The molecule has 9 heteroatoms. The van der Waals surface area contributed by atoms with Crippen LogP contribution in [0, 0.1) is 10.1 Å². The largest absolute Gasteiger partial charge is 0.348 e. The van der Waals surface area contributed by atoms with Gasteiger partial charge < -0.3 is 4.90 Å². The van der Waals surface area contributed by atoms with Crippen molar-refractivity contribution in [2.45, 2.75) is 36.3 Å². The van der Waals surface area contributed by atoms with Crippen LogP contribution in [0.15, 0.2) is 58.8 Å². The minimum Gasteiger partial charge on any atom is -0.348 e. The van der Waals surface area contributed by atoms with Crippen LogP contribution in [0.4, 0.5) is 10.8 Å². The quantitative estimate of drug-likeness (QED) is 0.393. The zero-order chi connectivity index (χ0) is 22.0. The SMILES string of the molecule is CCc1ccc(-c2csc(N3CCC(S(=O)(=O)c4cccc([N+](=O)[O-])c4)CC3)n2)cc1. The molecule has 3 aromatic rings. The molecule has 0 bridgehead atoms. The van der Waals surface area contributed by atoms with E-state index in [1.165, 1.54) is 23.8 Å². The second kappa shape index (κ2) is 8.76. The zero-order valence-corrected chi connectivity index (χ0v) is 18.7. The van der Waals surface area contributed by atoms with Crippen LogP contribution >= 0.6 is 11.3 Å². The van der Waals surface area contributed by atoms with E-state index in [1.807, 2.05) is 5.38 Å². The molecule has 0 radical (unpaired) electrons. The maximum absolute atomic E-state index is 13.0. The number of thiazole rings is 1. The summed E-state index contributed by atoms with van der Waals surface area (Å²) >= 11 is 1.56. The van der Waals surface area contributed by atoms with Crippen LogP contribution in [0.5, 0.6) is 0 Å². The number of nitro groups is 1. The van der Waals surface area contributed by atoms with Crippen LogP contribution in [0.25, 0.3) is 11.3 Å². The van der Waals surface area contributed by atoms with Crippen LogP contribution in [-0.4, -0.2) is 36.7 Å². The standard InChI is InChI=1S/C22H23N3O4S2/c1-2-16-6-8-17(9-7-16)21-15-30-22(23-21)24-12-10-19(11-13-24)31(28,29)20-5-3-4-18(14-20)25(26)27/h3-9,14-15,19H,2,10-13H2,1H3. The van der Waals surface area contributed by atoms with Crippen molar-refractivity contribution in [3.05, 3.63) is 69.6 Å². The third-order valence-corrected chi connectivity index (χ3v) is 8.82. The van der Waals surface area contributed by atoms with Crippen molar-refractivity contribution in [1.29, 1.82) is 0 Å². The second-order valence-corrected chi connectivity index (χ2v) is 10.6. The van der Waals surface area contributed by atoms with Crippen molar-refractivity contribution in [2.75, 3.05) is 18.0 Å². The molecule has 0 aliphatic carbocycles. The van der Waals surface area contributed by atoms with Crippen molar-refractivity contribution in [3.63, 3.8) is 0 Å². The van der Waals surface area contributed by atoms with Gasteiger partial charge in [-0.1, -0.05) is 37.3 Å². The van der Waals surface area contributed by atoms with Crippen molar-refractivity contribution in [1.82, 2.24) is 4.98 Å². The van der Waals surface area contributed by atoms with Gasteiger partial charge in [0.05, 0.1) is 20.8 Å². The molecule has 0 unspecified atom stereocenters. The Kier molecular flexibility index (Phi) is 6.06. The van der Waals surface area contributed by atoms with Gasteiger partial charge in [-0.05, 0) is 30.9 Å². The molecule has 162 valence electrons. The fourth-order valence-electron chi connectivity index (χ4n) is 3.78. The normalized spacial score (nSPS) is 15.2. The zero-order valence-electron chi connectivity index (χ0n) is 17.1. The van der Waals surface area contributed by atoms with Crippen molar-refractivity contribution in [2.24, 2.45) is 0 Å². The number of hydrogen-bond acceptors (Lipinski definition) is 7. The molecule has 0 spiro atoms. The predicted molar refractivity (Wildman–Crippen MR) is 122 cm³/mol. The van der Waals surface area contributed by atoms with Gasteiger partial charge in [0.25, 0.3) is 5.69 Å². The summed E-state index contributed by atoms with van der Waals surface area (Å²) in [6.45, 7) is 3.29. The smallest absolute Gasteiger partial charge is 0.270 e. The van der Waals surface area contributed by atoms with E-state index in [0.717, 1.165) is 28.9 Å². The second-order valence-electron chi connectivity index (χ2n) is 7.55. The Labute approximate surface area is 185 Å². The van der Waals surface area contributed by atoms with E-state index in [9.17, 15) is 18.5 Å². The number of benzene rings is 2. The molecule has 1 saturated heterocycles. The number of piperidine rings is 1. The monoisotopic (exact) mass is 457 g/mol. The number of anilines is 1. The lowest BCUT2D eigenvalue weighted by molar-refractivity contribution is -0.385. The summed E-state index contributed by atoms with van der Waals surface area (Å²) in [5, 5.41) is 13.4. The third kappa shape index (κ3) is 4.47. The van der Waals surface area contributed by atoms with Gasteiger partial charge in [0.2, 0.25) is 0 Å². The number of aryl methyl sites for hydroxylation is 1. The fraction of sp³-hybridized carbons (Fsp3) is 0.318.